The third-order valence-corrected chi connectivity index (χ3v) is 10.7. The molecule has 49 heavy (non-hydrogen) atoms. The van der Waals surface area contributed by atoms with E-state index >= 15 is 0 Å². The number of benzene rings is 6. The summed E-state index contributed by atoms with van der Waals surface area (Å²) in [4.78, 5) is 5.37. The Kier molecular flexibility index (Phi) is 6.16. The van der Waals surface area contributed by atoms with Crippen LogP contribution in [0.4, 0.5) is 0 Å². The lowest BCUT2D eigenvalue weighted by Crippen LogP contribution is -2.34. The Morgan fingerprint density at radius 3 is 2.51 bits per heavy atom. The van der Waals surface area contributed by atoms with E-state index in [4.69, 9.17) is 16.0 Å². The van der Waals surface area contributed by atoms with Gasteiger partial charge in [0.1, 0.15) is 22.5 Å². The maximum absolute atomic E-state index is 6.87. The van der Waals surface area contributed by atoms with Crippen molar-refractivity contribution in [3.8, 4) is 17.1 Å². The smallest absolute Gasteiger partial charge is 0.304 e. The Bertz CT molecular complexity index is 2700. The van der Waals surface area contributed by atoms with E-state index < -0.39 is 0 Å². The van der Waals surface area contributed by atoms with Crippen LogP contribution in [-0.4, -0.2) is 16.3 Å². The van der Waals surface area contributed by atoms with Gasteiger partial charge >= 0.3 is 5.82 Å². The number of rotatable bonds is 2. The van der Waals surface area contributed by atoms with Crippen molar-refractivity contribution in [1.29, 1.82) is 0 Å². The zero-order valence-electron chi connectivity index (χ0n) is 27.1. The van der Waals surface area contributed by atoms with Crippen LogP contribution in [0.2, 0.25) is 0 Å². The van der Waals surface area contributed by atoms with Gasteiger partial charge < -0.3 is 4.42 Å². The van der Waals surface area contributed by atoms with E-state index in [0.717, 1.165) is 74.3 Å². The molecule has 4 nitrogen and oxygen atoms in total. The van der Waals surface area contributed by atoms with E-state index in [1.54, 1.807) is 0 Å². The summed E-state index contributed by atoms with van der Waals surface area (Å²) >= 11 is 0. The minimum atomic E-state index is 0.0370. The molecular formula is C45H34N3O+. The molecular weight excluding hydrogens is 599 g/mol. The highest BCUT2D eigenvalue weighted by atomic mass is 16.3. The molecule has 0 aliphatic carbocycles. The minimum Gasteiger partial charge on any atom is -0.455 e. The zero-order chi connectivity index (χ0) is 32.6. The molecule has 4 heteroatoms. The molecule has 2 atom stereocenters. The van der Waals surface area contributed by atoms with Gasteiger partial charge in [0.05, 0.1) is 11.8 Å². The fourth-order valence-electron chi connectivity index (χ4n) is 8.52. The molecule has 0 saturated carbocycles. The summed E-state index contributed by atoms with van der Waals surface area (Å²) in [5.41, 5.74) is 12.0. The van der Waals surface area contributed by atoms with Crippen LogP contribution in [0.3, 0.4) is 0 Å². The van der Waals surface area contributed by atoms with E-state index in [1.807, 2.05) is 6.08 Å². The quantitative estimate of drug-likeness (QED) is 0.175. The van der Waals surface area contributed by atoms with Crippen LogP contribution >= 0.6 is 0 Å². The number of hydrogen-bond acceptors (Lipinski definition) is 2. The molecule has 0 saturated heterocycles. The summed E-state index contributed by atoms with van der Waals surface area (Å²) in [6.07, 6.45) is 4.46. The summed E-state index contributed by atoms with van der Waals surface area (Å²) in [7, 11) is 0. The standard InChI is InChI=1S/C45H34N3O/c1-3-38-34-15-7-6-14-33(34)35-24-21-30-22-25-37-36-16-8-11-19-42(36)49-44(37)43(30)45-47(28(2)26-39(35)46-38)40-17-9-10-18-41(40)48(45)32-23-20-29-12-4-5-13-31(29)27-32/h3-20,22-23,25,27,35,39H,1-2,21,24,26H2/q+1. The molecule has 10 rings (SSSR count). The number of para-hydroxylation sites is 3. The Hall–Kier alpha value is -6.00. The van der Waals surface area contributed by atoms with Crippen molar-refractivity contribution in [2.24, 2.45) is 4.99 Å². The predicted octanol–water partition coefficient (Wildman–Crippen LogP) is 10.6. The first-order valence-corrected chi connectivity index (χ1v) is 17.1. The van der Waals surface area contributed by atoms with Gasteiger partial charge in [0.2, 0.25) is 0 Å². The van der Waals surface area contributed by atoms with Gasteiger partial charge in [-0.15, -0.1) is 0 Å². The maximum Gasteiger partial charge on any atom is 0.304 e. The molecule has 0 radical (unpaired) electrons. The third-order valence-electron chi connectivity index (χ3n) is 10.7. The fourth-order valence-corrected chi connectivity index (χ4v) is 8.52. The Balaban J connectivity index is 1.32. The molecule has 0 amide bonds. The molecule has 2 aromatic heterocycles. The molecule has 6 aromatic carbocycles. The molecule has 2 unspecified atom stereocenters. The van der Waals surface area contributed by atoms with E-state index in [1.165, 1.54) is 27.5 Å². The Morgan fingerprint density at radius 1 is 0.796 bits per heavy atom. The molecule has 8 aromatic rings. The number of fused-ring (bicyclic) bond motifs is 13. The predicted molar refractivity (Wildman–Crippen MR) is 202 cm³/mol. The number of aromatic nitrogens is 2. The van der Waals surface area contributed by atoms with Gasteiger partial charge in [-0.3, -0.25) is 4.99 Å². The van der Waals surface area contributed by atoms with Crippen molar-refractivity contribution >= 4 is 55.2 Å². The highest BCUT2D eigenvalue weighted by Gasteiger charge is 2.38. The number of allylic oxidation sites excluding steroid dienone is 1. The van der Waals surface area contributed by atoms with Crippen LogP contribution in [0.15, 0.2) is 156 Å². The first-order valence-electron chi connectivity index (χ1n) is 17.1. The van der Waals surface area contributed by atoms with Crippen LogP contribution in [0, 0.1) is 0 Å². The number of aryl methyl sites for hydroxylation is 1. The topological polar surface area (TPSA) is 34.3 Å². The van der Waals surface area contributed by atoms with Gasteiger partial charge in [0.15, 0.2) is 16.6 Å². The lowest BCUT2D eigenvalue weighted by atomic mass is 9.78. The van der Waals surface area contributed by atoms with Crippen molar-refractivity contribution in [2.45, 2.75) is 31.2 Å². The van der Waals surface area contributed by atoms with Crippen LogP contribution in [0.5, 0.6) is 0 Å². The third kappa shape index (κ3) is 4.17. The van der Waals surface area contributed by atoms with Gasteiger partial charge in [-0.1, -0.05) is 110 Å². The number of furan rings is 1. The van der Waals surface area contributed by atoms with Crippen molar-refractivity contribution in [3.05, 3.63) is 163 Å². The van der Waals surface area contributed by atoms with Gasteiger partial charge in [-0.05, 0) is 71.1 Å². The average Bonchev–Trinajstić information content (AvgIpc) is 3.69. The van der Waals surface area contributed by atoms with Gasteiger partial charge in [-0.2, -0.15) is 9.13 Å². The summed E-state index contributed by atoms with van der Waals surface area (Å²) in [6, 6.07) is 45.8. The summed E-state index contributed by atoms with van der Waals surface area (Å²) < 4.78 is 11.7. The van der Waals surface area contributed by atoms with Gasteiger partial charge in [-0.25, -0.2) is 0 Å². The normalized spacial score (nSPS) is 17.4. The molecule has 4 heterocycles. The second-order valence-corrected chi connectivity index (χ2v) is 13.4. The molecule has 2 aliphatic rings. The van der Waals surface area contributed by atoms with Gasteiger partial charge in [0.25, 0.3) is 0 Å². The van der Waals surface area contributed by atoms with Crippen molar-refractivity contribution in [1.82, 2.24) is 4.57 Å². The van der Waals surface area contributed by atoms with E-state index in [9.17, 15) is 0 Å². The Morgan fingerprint density at radius 2 is 1.59 bits per heavy atom. The molecule has 234 valence electrons. The van der Waals surface area contributed by atoms with E-state index in [2.05, 4.69) is 143 Å². The molecule has 0 fully saturated rings. The Labute approximate surface area is 284 Å². The van der Waals surface area contributed by atoms with Crippen molar-refractivity contribution < 1.29 is 8.98 Å². The second kappa shape index (κ2) is 10.8. The summed E-state index contributed by atoms with van der Waals surface area (Å²) in [5, 5.41) is 4.67. The molecule has 0 spiro atoms. The van der Waals surface area contributed by atoms with E-state index in [0.29, 0.717) is 6.42 Å². The largest absolute Gasteiger partial charge is 0.455 e. The molecule has 2 aliphatic heterocycles. The van der Waals surface area contributed by atoms with Gasteiger partial charge in [0, 0.05) is 28.7 Å². The zero-order valence-corrected chi connectivity index (χ0v) is 27.1. The first-order chi connectivity index (χ1) is 24.2. The first kappa shape index (κ1) is 28.1. The SMILES string of the molecule is C=CC1=NC2CC(=C)n3c([n+](-c4ccc5ccccc5c4)c4ccccc43)-c3c(ccc4c3oc3ccccc34)CCC2c2ccccc21. The lowest BCUT2D eigenvalue weighted by Gasteiger charge is -2.32. The summed E-state index contributed by atoms with van der Waals surface area (Å²) in [5.74, 6) is 1.30. The molecule has 0 N–H and O–H groups in total. The number of imidazole rings is 1. The van der Waals surface area contributed by atoms with Crippen LogP contribution in [0.25, 0.3) is 66.5 Å². The number of nitrogens with zero attached hydrogens (tertiary/aromatic N) is 3. The fraction of sp³-hybridized carbons (Fsp3) is 0.111. The highest BCUT2D eigenvalue weighted by Crippen LogP contribution is 2.44. The van der Waals surface area contributed by atoms with Crippen molar-refractivity contribution in [2.75, 3.05) is 0 Å². The second-order valence-electron chi connectivity index (χ2n) is 13.4. The summed E-state index contributed by atoms with van der Waals surface area (Å²) in [6.45, 7) is 9.01. The average molecular weight is 633 g/mol. The van der Waals surface area contributed by atoms with Crippen LogP contribution in [-0.2, 0) is 6.42 Å². The van der Waals surface area contributed by atoms with E-state index in [-0.39, 0.29) is 12.0 Å². The molecule has 0 bridgehead atoms. The monoisotopic (exact) mass is 632 g/mol. The minimum absolute atomic E-state index is 0.0370. The van der Waals surface area contributed by atoms with Crippen LogP contribution < -0.4 is 4.57 Å². The maximum atomic E-state index is 6.87. The number of aliphatic imine (C=N–C) groups is 1. The highest BCUT2D eigenvalue weighted by molar-refractivity contribution is 6.11. The number of hydrogen-bond donors (Lipinski definition) is 0. The van der Waals surface area contributed by atoms with Crippen molar-refractivity contribution in [3.63, 3.8) is 0 Å². The van der Waals surface area contributed by atoms with Crippen LogP contribution in [0.1, 0.15) is 35.4 Å². The lowest BCUT2D eigenvalue weighted by molar-refractivity contribution is -0.555.